The van der Waals surface area contributed by atoms with Crippen LogP contribution in [0.3, 0.4) is 0 Å². The van der Waals surface area contributed by atoms with E-state index in [1.807, 2.05) is 31.0 Å². The second-order valence-corrected chi connectivity index (χ2v) is 7.16. The van der Waals surface area contributed by atoms with Crippen molar-refractivity contribution in [2.75, 3.05) is 18.6 Å². The van der Waals surface area contributed by atoms with Gasteiger partial charge in [-0.05, 0) is 26.0 Å². The van der Waals surface area contributed by atoms with Gasteiger partial charge in [-0.25, -0.2) is 9.78 Å². The highest BCUT2D eigenvalue weighted by Gasteiger charge is 2.18. The van der Waals surface area contributed by atoms with Crippen molar-refractivity contribution >= 4 is 45.4 Å². The van der Waals surface area contributed by atoms with E-state index in [1.54, 1.807) is 18.3 Å². The standard InChI is InChI=1S/C13H15ClN2O2S2/c1-4-18-12(17)11-8(2)19-13(15-11)16(3)7-9-5-6-10(14)20-9/h5-6H,4,7H2,1-3H3. The molecule has 0 aliphatic rings. The molecule has 2 rings (SSSR count). The Hall–Kier alpha value is -1.11. The van der Waals surface area contributed by atoms with Crippen molar-refractivity contribution in [3.05, 3.63) is 31.9 Å². The van der Waals surface area contributed by atoms with Crippen molar-refractivity contribution in [3.63, 3.8) is 0 Å². The summed E-state index contributed by atoms with van der Waals surface area (Å²) in [6.45, 7) is 4.73. The second-order valence-electron chi connectivity index (χ2n) is 4.18. The number of anilines is 1. The van der Waals surface area contributed by atoms with Crippen LogP contribution in [0.5, 0.6) is 0 Å². The summed E-state index contributed by atoms with van der Waals surface area (Å²) in [6, 6.07) is 3.88. The Morgan fingerprint density at radius 2 is 2.20 bits per heavy atom. The number of thiazole rings is 1. The number of halogens is 1. The van der Waals surface area contributed by atoms with Gasteiger partial charge in [0, 0.05) is 16.8 Å². The van der Waals surface area contributed by atoms with E-state index >= 15 is 0 Å². The van der Waals surface area contributed by atoms with Gasteiger partial charge in [0.25, 0.3) is 0 Å². The molecule has 0 saturated heterocycles. The zero-order valence-corrected chi connectivity index (χ0v) is 13.9. The number of hydrogen-bond donors (Lipinski definition) is 0. The number of aryl methyl sites for hydroxylation is 1. The molecule has 0 aromatic carbocycles. The van der Waals surface area contributed by atoms with E-state index in [4.69, 9.17) is 16.3 Å². The van der Waals surface area contributed by atoms with Gasteiger partial charge in [-0.1, -0.05) is 11.6 Å². The van der Waals surface area contributed by atoms with E-state index in [1.165, 1.54) is 11.3 Å². The molecule has 0 unspecified atom stereocenters. The first kappa shape index (κ1) is 15.3. The molecule has 7 heteroatoms. The van der Waals surface area contributed by atoms with Crippen molar-refractivity contribution in [1.29, 1.82) is 0 Å². The van der Waals surface area contributed by atoms with Crippen LogP contribution in [0.1, 0.15) is 27.2 Å². The van der Waals surface area contributed by atoms with Crippen molar-refractivity contribution in [1.82, 2.24) is 4.98 Å². The number of aromatic nitrogens is 1. The van der Waals surface area contributed by atoms with Gasteiger partial charge < -0.3 is 9.64 Å². The maximum Gasteiger partial charge on any atom is 0.358 e. The first-order valence-corrected chi connectivity index (χ1v) is 8.12. The van der Waals surface area contributed by atoms with Crippen LogP contribution in [0.2, 0.25) is 4.34 Å². The zero-order chi connectivity index (χ0) is 14.7. The molecular formula is C13H15ClN2O2S2. The Morgan fingerprint density at radius 3 is 2.80 bits per heavy atom. The highest BCUT2D eigenvalue weighted by Crippen LogP contribution is 2.28. The normalized spacial score (nSPS) is 10.6. The van der Waals surface area contributed by atoms with Gasteiger partial charge in [0.05, 0.1) is 17.5 Å². The van der Waals surface area contributed by atoms with Crippen molar-refractivity contribution < 1.29 is 9.53 Å². The van der Waals surface area contributed by atoms with Crippen molar-refractivity contribution in [2.45, 2.75) is 20.4 Å². The predicted octanol–water partition coefficient (Wildman–Crippen LogP) is 3.98. The number of carbonyl (C=O) groups is 1. The number of ether oxygens (including phenoxy) is 1. The maximum atomic E-state index is 11.8. The highest BCUT2D eigenvalue weighted by molar-refractivity contribution is 7.16. The second kappa shape index (κ2) is 6.56. The smallest absolute Gasteiger partial charge is 0.358 e. The molecule has 0 aliphatic carbocycles. The Labute approximate surface area is 131 Å². The molecule has 0 fully saturated rings. The molecule has 0 spiro atoms. The van der Waals surface area contributed by atoms with Crippen molar-refractivity contribution in [3.8, 4) is 0 Å². The summed E-state index contributed by atoms with van der Waals surface area (Å²) in [5.74, 6) is -0.361. The van der Waals surface area contributed by atoms with Gasteiger partial charge in [-0.2, -0.15) is 0 Å². The molecule has 2 heterocycles. The first-order chi connectivity index (χ1) is 9.51. The fourth-order valence-corrected chi connectivity index (χ4v) is 3.67. The Bertz CT molecular complexity index is 609. The number of hydrogen-bond acceptors (Lipinski definition) is 6. The lowest BCUT2D eigenvalue weighted by Gasteiger charge is -2.13. The average molecular weight is 331 g/mol. The van der Waals surface area contributed by atoms with E-state index in [2.05, 4.69) is 4.98 Å². The lowest BCUT2D eigenvalue weighted by atomic mass is 10.4. The summed E-state index contributed by atoms with van der Waals surface area (Å²) in [6.07, 6.45) is 0. The van der Waals surface area contributed by atoms with Gasteiger partial charge in [0.2, 0.25) is 0 Å². The maximum absolute atomic E-state index is 11.8. The molecule has 2 aromatic heterocycles. The van der Waals surface area contributed by atoms with Gasteiger partial charge in [-0.3, -0.25) is 0 Å². The lowest BCUT2D eigenvalue weighted by Crippen LogP contribution is -2.15. The Morgan fingerprint density at radius 1 is 1.45 bits per heavy atom. The number of rotatable bonds is 5. The quantitative estimate of drug-likeness (QED) is 0.778. The molecule has 108 valence electrons. The minimum atomic E-state index is -0.361. The van der Waals surface area contributed by atoms with Crippen LogP contribution in [-0.2, 0) is 11.3 Å². The molecule has 0 atom stereocenters. The summed E-state index contributed by atoms with van der Waals surface area (Å²) in [7, 11) is 1.95. The third-order valence-electron chi connectivity index (χ3n) is 2.60. The van der Waals surface area contributed by atoms with E-state index in [0.29, 0.717) is 18.8 Å². The molecule has 0 N–H and O–H groups in total. The molecule has 20 heavy (non-hydrogen) atoms. The molecular weight excluding hydrogens is 316 g/mol. The van der Waals surface area contributed by atoms with Crippen LogP contribution in [0, 0.1) is 6.92 Å². The van der Waals surface area contributed by atoms with E-state index < -0.39 is 0 Å². The lowest BCUT2D eigenvalue weighted by molar-refractivity contribution is 0.0519. The van der Waals surface area contributed by atoms with Crippen LogP contribution >= 0.6 is 34.3 Å². The average Bonchev–Trinajstić information content (AvgIpc) is 2.96. The molecule has 2 aromatic rings. The summed E-state index contributed by atoms with van der Waals surface area (Å²) in [4.78, 5) is 20.2. The van der Waals surface area contributed by atoms with E-state index in [0.717, 1.165) is 19.2 Å². The monoisotopic (exact) mass is 330 g/mol. The SMILES string of the molecule is CCOC(=O)c1nc(N(C)Cc2ccc(Cl)s2)sc1C. The molecule has 4 nitrogen and oxygen atoms in total. The van der Waals surface area contributed by atoms with Gasteiger partial charge >= 0.3 is 5.97 Å². The number of carbonyl (C=O) groups excluding carboxylic acids is 1. The third-order valence-corrected chi connectivity index (χ3v) is 4.90. The van der Waals surface area contributed by atoms with Crippen LogP contribution in [-0.4, -0.2) is 24.6 Å². The topological polar surface area (TPSA) is 42.4 Å². The molecule has 0 amide bonds. The summed E-state index contributed by atoms with van der Waals surface area (Å²) in [5.41, 5.74) is 0.405. The van der Waals surface area contributed by atoms with Crippen LogP contribution in [0.4, 0.5) is 5.13 Å². The largest absolute Gasteiger partial charge is 0.461 e. The molecule has 0 saturated carbocycles. The fraction of sp³-hybridized carbons (Fsp3) is 0.385. The van der Waals surface area contributed by atoms with Crippen molar-refractivity contribution in [2.24, 2.45) is 0 Å². The molecule has 0 bridgehead atoms. The van der Waals surface area contributed by atoms with Crippen LogP contribution < -0.4 is 4.90 Å². The summed E-state index contributed by atoms with van der Waals surface area (Å²) >= 11 is 8.95. The third kappa shape index (κ3) is 3.50. The predicted molar refractivity (Wildman–Crippen MR) is 84.2 cm³/mol. The number of thiophene rings is 1. The van der Waals surface area contributed by atoms with Gasteiger partial charge in [0.15, 0.2) is 10.8 Å². The van der Waals surface area contributed by atoms with Gasteiger partial charge in [-0.15, -0.1) is 22.7 Å². The van der Waals surface area contributed by atoms with E-state index in [9.17, 15) is 4.79 Å². The fourth-order valence-electron chi connectivity index (χ4n) is 1.67. The number of nitrogens with zero attached hydrogens (tertiary/aromatic N) is 2. The minimum Gasteiger partial charge on any atom is -0.461 e. The summed E-state index contributed by atoms with van der Waals surface area (Å²) < 4.78 is 5.77. The Balaban J connectivity index is 2.12. The van der Waals surface area contributed by atoms with Crippen LogP contribution in [0.15, 0.2) is 12.1 Å². The highest BCUT2D eigenvalue weighted by atomic mass is 35.5. The van der Waals surface area contributed by atoms with Crippen LogP contribution in [0.25, 0.3) is 0 Å². The minimum absolute atomic E-state index is 0.356. The molecule has 0 aliphatic heterocycles. The molecule has 0 radical (unpaired) electrons. The zero-order valence-electron chi connectivity index (χ0n) is 11.5. The number of esters is 1. The van der Waals surface area contributed by atoms with Gasteiger partial charge in [0.1, 0.15) is 0 Å². The summed E-state index contributed by atoms with van der Waals surface area (Å²) in [5, 5.41) is 0.801. The first-order valence-electron chi connectivity index (χ1n) is 6.11. The Kier molecular flexibility index (Phi) is 5.01. The van der Waals surface area contributed by atoms with E-state index in [-0.39, 0.29) is 5.97 Å².